The fraction of sp³-hybridized carbons (Fsp3) is 0.462. The smallest absolute Gasteiger partial charge is 0.323 e. The lowest BCUT2D eigenvalue weighted by molar-refractivity contribution is -0.384. The van der Waals surface area contributed by atoms with Crippen molar-refractivity contribution in [3.05, 3.63) is 34.4 Å². The Bertz CT molecular complexity index is 450. The van der Waals surface area contributed by atoms with E-state index in [-0.39, 0.29) is 17.7 Å². The number of nitrogens with zero attached hydrogens (tertiary/aromatic N) is 1. The van der Waals surface area contributed by atoms with Crippen LogP contribution in [0.5, 0.6) is 0 Å². The predicted molar refractivity (Wildman–Crippen MR) is 77.9 cm³/mol. The quantitative estimate of drug-likeness (QED) is 0.343. The third kappa shape index (κ3) is 5.18. The van der Waals surface area contributed by atoms with E-state index in [1.165, 1.54) is 23.9 Å². The van der Waals surface area contributed by atoms with Crippen molar-refractivity contribution < 1.29 is 14.5 Å². The number of benzene rings is 1. The summed E-state index contributed by atoms with van der Waals surface area (Å²) in [7, 11) is 0. The molecule has 1 aromatic carbocycles. The van der Waals surface area contributed by atoms with E-state index in [0.29, 0.717) is 18.9 Å². The summed E-state index contributed by atoms with van der Waals surface area (Å²) in [5.74, 6) is 0.244. The van der Waals surface area contributed by atoms with Crippen LogP contribution >= 0.6 is 11.8 Å². The van der Waals surface area contributed by atoms with Gasteiger partial charge in [0.25, 0.3) is 5.69 Å². The van der Waals surface area contributed by atoms with Crippen LogP contribution in [-0.4, -0.2) is 35.8 Å². The molecule has 0 aliphatic carbocycles. The predicted octanol–water partition coefficient (Wildman–Crippen LogP) is 2.23. The Morgan fingerprint density at radius 3 is 2.55 bits per heavy atom. The Labute approximate surface area is 122 Å². The van der Waals surface area contributed by atoms with E-state index in [4.69, 9.17) is 4.74 Å². The van der Waals surface area contributed by atoms with Crippen molar-refractivity contribution in [3.63, 3.8) is 0 Å². The summed E-state index contributed by atoms with van der Waals surface area (Å²) < 4.78 is 4.99. The van der Waals surface area contributed by atoms with Gasteiger partial charge in [-0.2, -0.15) is 0 Å². The molecule has 1 N–H and O–H groups in total. The lowest BCUT2D eigenvalue weighted by Gasteiger charge is -2.15. The minimum absolute atomic E-state index is 0.0583. The first-order valence-electron chi connectivity index (χ1n) is 6.35. The molecule has 0 saturated heterocycles. The summed E-state index contributed by atoms with van der Waals surface area (Å²) >= 11 is 1.46. The molecule has 0 aliphatic rings. The average molecular weight is 298 g/mol. The highest BCUT2D eigenvalue weighted by molar-refractivity contribution is 7.99. The fourth-order valence-electron chi connectivity index (χ4n) is 1.54. The minimum atomic E-state index is -0.436. The summed E-state index contributed by atoms with van der Waals surface area (Å²) in [6, 6.07) is 5.89. The molecule has 110 valence electrons. The first-order chi connectivity index (χ1) is 9.58. The molecule has 0 amide bonds. The zero-order chi connectivity index (χ0) is 15.0. The molecule has 0 aromatic heterocycles. The van der Waals surface area contributed by atoms with E-state index in [1.807, 2.05) is 6.92 Å². The molecule has 20 heavy (non-hydrogen) atoms. The van der Waals surface area contributed by atoms with E-state index >= 15 is 0 Å². The Morgan fingerprint density at radius 2 is 2.05 bits per heavy atom. The molecule has 1 unspecified atom stereocenters. The lowest BCUT2D eigenvalue weighted by atomic mass is 10.3. The molecular formula is C13H18N2O4S. The highest BCUT2D eigenvalue weighted by Crippen LogP contribution is 2.22. The molecule has 0 spiro atoms. The average Bonchev–Trinajstić information content (AvgIpc) is 2.44. The molecule has 7 heteroatoms. The first kappa shape index (κ1) is 16.5. The molecule has 0 aliphatic heterocycles. The Kier molecular flexibility index (Phi) is 7.03. The maximum atomic E-state index is 11.7. The molecule has 0 heterocycles. The monoisotopic (exact) mass is 298 g/mol. The van der Waals surface area contributed by atoms with E-state index in [9.17, 15) is 14.9 Å². The van der Waals surface area contributed by atoms with Crippen molar-refractivity contribution in [2.75, 3.05) is 18.9 Å². The third-order valence-corrected chi connectivity index (χ3v) is 3.59. The van der Waals surface area contributed by atoms with Crippen LogP contribution in [-0.2, 0) is 9.53 Å². The van der Waals surface area contributed by atoms with Gasteiger partial charge in [0.05, 0.1) is 11.5 Å². The number of ether oxygens (including phenoxy) is 1. The van der Waals surface area contributed by atoms with Gasteiger partial charge in [-0.25, -0.2) is 0 Å². The van der Waals surface area contributed by atoms with Gasteiger partial charge in [0.2, 0.25) is 0 Å². The van der Waals surface area contributed by atoms with E-state index in [1.54, 1.807) is 19.1 Å². The van der Waals surface area contributed by atoms with Crippen LogP contribution in [0.1, 0.15) is 13.8 Å². The van der Waals surface area contributed by atoms with Gasteiger partial charge in [0.15, 0.2) is 0 Å². The topological polar surface area (TPSA) is 81.5 Å². The van der Waals surface area contributed by atoms with Crippen LogP contribution < -0.4 is 5.32 Å². The van der Waals surface area contributed by atoms with Gasteiger partial charge in [-0.05, 0) is 25.6 Å². The first-order valence-corrected chi connectivity index (χ1v) is 7.34. The summed E-state index contributed by atoms with van der Waals surface area (Å²) in [4.78, 5) is 22.7. The van der Waals surface area contributed by atoms with Gasteiger partial charge < -0.3 is 10.1 Å². The van der Waals surface area contributed by atoms with E-state index in [2.05, 4.69) is 5.32 Å². The second kappa shape index (κ2) is 8.55. The Morgan fingerprint density at radius 1 is 1.40 bits per heavy atom. The lowest BCUT2D eigenvalue weighted by Crippen LogP contribution is -2.40. The van der Waals surface area contributed by atoms with Gasteiger partial charge in [0, 0.05) is 22.8 Å². The van der Waals surface area contributed by atoms with Crippen molar-refractivity contribution in [2.24, 2.45) is 0 Å². The number of non-ortho nitro benzene ring substituents is 1. The van der Waals surface area contributed by atoms with Crippen molar-refractivity contribution in [1.29, 1.82) is 0 Å². The number of nitro groups is 1. The second-order valence-corrected chi connectivity index (χ2v) is 5.02. The summed E-state index contributed by atoms with van der Waals surface area (Å²) in [5, 5.41) is 13.6. The van der Waals surface area contributed by atoms with Crippen LogP contribution in [0.15, 0.2) is 29.2 Å². The molecule has 1 rings (SSSR count). The summed E-state index contributed by atoms with van der Waals surface area (Å²) in [6.45, 7) is 4.71. The number of hydrogen-bond donors (Lipinski definition) is 1. The number of nitrogens with one attached hydrogen (secondary N) is 1. The van der Waals surface area contributed by atoms with Crippen LogP contribution in [0.3, 0.4) is 0 Å². The molecule has 1 atom stereocenters. The SMILES string of the molecule is CCNC(CSc1ccc([N+](=O)[O-])cc1)C(=O)OCC. The number of hydrogen-bond acceptors (Lipinski definition) is 6. The number of nitro benzene ring substituents is 1. The number of esters is 1. The molecule has 0 saturated carbocycles. The van der Waals surface area contributed by atoms with Crippen LogP contribution in [0.4, 0.5) is 5.69 Å². The van der Waals surface area contributed by atoms with Crippen molar-refractivity contribution >= 4 is 23.4 Å². The molecule has 0 radical (unpaired) electrons. The number of thioether (sulfide) groups is 1. The Balaban J connectivity index is 2.58. The zero-order valence-corrected chi connectivity index (χ0v) is 12.3. The van der Waals surface area contributed by atoms with E-state index in [0.717, 1.165) is 4.90 Å². The summed E-state index contributed by atoms with van der Waals surface area (Å²) in [5.41, 5.74) is 0.0583. The van der Waals surface area contributed by atoms with Crippen molar-refractivity contribution in [1.82, 2.24) is 5.32 Å². The minimum Gasteiger partial charge on any atom is -0.465 e. The highest BCUT2D eigenvalue weighted by atomic mass is 32.2. The maximum absolute atomic E-state index is 11.7. The zero-order valence-electron chi connectivity index (χ0n) is 11.5. The van der Waals surface area contributed by atoms with Gasteiger partial charge in [-0.15, -0.1) is 11.8 Å². The largest absolute Gasteiger partial charge is 0.465 e. The molecule has 0 fully saturated rings. The second-order valence-electron chi connectivity index (χ2n) is 3.92. The maximum Gasteiger partial charge on any atom is 0.323 e. The van der Waals surface area contributed by atoms with E-state index < -0.39 is 4.92 Å². The Hall–Kier alpha value is -1.60. The van der Waals surface area contributed by atoms with Crippen LogP contribution in [0.25, 0.3) is 0 Å². The molecular weight excluding hydrogens is 280 g/mol. The van der Waals surface area contributed by atoms with Crippen LogP contribution in [0, 0.1) is 10.1 Å². The van der Waals surface area contributed by atoms with Crippen molar-refractivity contribution in [2.45, 2.75) is 24.8 Å². The molecule has 0 bridgehead atoms. The highest BCUT2D eigenvalue weighted by Gasteiger charge is 2.18. The van der Waals surface area contributed by atoms with Gasteiger partial charge in [-0.3, -0.25) is 14.9 Å². The number of likely N-dealkylation sites (N-methyl/N-ethyl adjacent to an activating group) is 1. The van der Waals surface area contributed by atoms with Gasteiger partial charge >= 0.3 is 5.97 Å². The molecule has 6 nitrogen and oxygen atoms in total. The van der Waals surface area contributed by atoms with Gasteiger partial charge in [0.1, 0.15) is 6.04 Å². The van der Waals surface area contributed by atoms with Crippen molar-refractivity contribution in [3.8, 4) is 0 Å². The fourth-order valence-corrected chi connectivity index (χ4v) is 2.48. The van der Waals surface area contributed by atoms with Gasteiger partial charge in [-0.1, -0.05) is 6.92 Å². The number of rotatable bonds is 8. The normalized spacial score (nSPS) is 11.9. The third-order valence-electron chi connectivity index (χ3n) is 2.49. The molecule has 1 aromatic rings. The number of carbonyl (C=O) groups excluding carboxylic acids is 1. The standard InChI is InChI=1S/C13H18N2O4S/c1-3-14-12(13(16)19-4-2)9-20-11-7-5-10(6-8-11)15(17)18/h5-8,12,14H,3-4,9H2,1-2H3. The van der Waals surface area contributed by atoms with Crippen LogP contribution in [0.2, 0.25) is 0 Å². The number of carbonyl (C=O) groups is 1. The summed E-state index contributed by atoms with van der Waals surface area (Å²) in [6.07, 6.45) is 0.